The van der Waals surface area contributed by atoms with Gasteiger partial charge in [-0.3, -0.25) is 14.7 Å². The molecule has 4 rings (SSSR count). The molecule has 6 nitrogen and oxygen atoms in total. The van der Waals surface area contributed by atoms with Gasteiger partial charge in [0.05, 0.1) is 12.2 Å². The fourth-order valence-corrected chi connectivity index (χ4v) is 5.17. The van der Waals surface area contributed by atoms with E-state index < -0.39 is 16.4 Å². The summed E-state index contributed by atoms with van der Waals surface area (Å²) in [6.45, 7) is 12.2. The Morgan fingerprint density at radius 3 is 2.00 bits per heavy atom. The number of hydrogen-bond donors (Lipinski definition) is 0. The van der Waals surface area contributed by atoms with Crippen LogP contribution in [0.4, 0.5) is 4.79 Å². The molecule has 0 radical (unpaired) electrons. The molecule has 2 aromatic carbocycles. The zero-order chi connectivity index (χ0) is 27.2. The SMILES string of the molecule is CCOc1nc(C(C)(C)C)ncc1C1=N[C@@](C)(c2ccc(Cl)cc2)C(C)(c2ccc(Cl)cc2)N1C(=O)Cl. The van der Waals surface area contributed by atoms with Crippen LogP contribution in [0.3, 0.4) is 0 Å². The van der Waals surface area contributed by atoms with E-state index in [9.17, 15) is 4.79 Å². The van der Waals surface area contributed by atoms with Crippen LogP contribution in [0.2, 0.25) is 10.0 Å². The van der Waals surface area contributed by atoms with E-state index in [-0.39, 0.29) is 5.41 Å². The van der Waals surface area contributed by atoms with Crippen LogP contribution < -0.4 is 4.74 Å². The van der Waals surface area contributed by atoms with Crippen molar-refractivity contribution in [2.75, 3.05) is 6.61 Å². The van der Waals surface area contributed by atoms with Crippen LogP contribution in [0.1, 0.15) is 64.1 Å². The number of ether oxygens (including phenoxy) is 1. The van der Waals surface area contributed by atoms with Gasteiger partial charge in [0.15, 0.2) is 0 Å². The first-order valence-corrected chi connectivity index (χ1v) is 13.1. The minimum Gasteiger partial charge on any atom is -0.477 e. The molecule has 2 atom stereocenters. The van der Waals surface area contributed by atoms with Gasteiger partial charge in [0.1, 0.15) is 22.7 Å². The summed E-state index contributed by atoms with van der Waals surface area (Å²) in [6.07, 6.45) is 1.65. The zero-order valence-corrected chi connectivity index (χ0v) is 23.9. The molecule has 0 aliphatic carbocycles. The van der Waals surface area contributed by atoms with Crippen molar-refractivity contribution in [3.8, 4) is 5.88 Å². The zero-order valence-electron chi connectivity index (χ0n) is 21.6. The second-order valence-electron chi connectivity index (χ2n) is 10.3. The molecule has 194 valence electrons. The third kappa shape index (κ3) is 4.71. The van der Waals surface area contributed by atoms with E-state index in [4.69, 9.17) is 49.5 Å². The lowest BCUT2D eigenvalue weighted by molar-refractivity contribution is 0.149. The van der Waals surface area contributed by atoms with Gasteiger partial charge >= 0.3 is 5.37 Å². The second kappa shape index (κ2) is 9.90. The highest BCUT2D eigenvalue weighted by Gasteiger charge is 2.59. The number of benzene rings is 2. The van der Waals surface area contributed by atoms with Gasteiger partial charge in [-0.2, -0.15) is 4.98 Å². The summed E-state index contributed by atoms with van der Waals surface area (Å²) < 4.78 is 5.94. The summed E-state index contributed by atoms with van der Waals surface area (Å²) >= 11 is 18.8. The molecular formula is C28H29Cl3N4O2. The van der Waals surface area contributed by atoms with E-state index >= 15 is 0 Å². The minimum atomic E-state index is -1.05. The largest absolute Gasteiger partial charge is 0.477 e. The van der Waals surface area contributed by atoms with Crippen molar-refractivity contribution < 1.29 is 9.53 Å². The molecule has 37 heavy (non-hydrogen) atoms. The van der Waals surface area contributed by atoms with Crippen LogP contribution in [0, 0.1) is 0 Å². The topological polar surface area (TPSA) is 67.7 Å². The Hall–Kier alpha value is -2.67. The molecule has 0 fully saturated rings. The Balaban J connectivity index is 2.03. The molecule has 1 aliphatic heterocycles. The molecule has 1 amide bonds. The van der Waals surface area contributed by atoms with Crippen molar-refractivity contribution >= 4 is 46.0 Å². The van der Waals surface area contributed by atoms with E-state index in [0.717, 1.165) is 11.1 Å². The highest BCUT2D eigenvalue weighted by atomic mass is 35.5. The van der Waals surface area contributed by atoms with E-state index in [1.165, 1.54) is 4.90 Å². The number of amidine groups is 1. The molecule has 3 aromatic rings. The Labute approximate surface area is 232 Å². The molecule has 0 saturated heterocycles. The summed E-state index contributed by atoms with van der Waals surface area (Å²) in [5, 5.41) is 0.474. The first-order valence-electron chi connectivity index (χ1n) is 11.9. The Bertz CT molecular complexity index is 1350. The summed E-state index contributed by atoms with van der Waals surface area (Å²) in [6, 6.07) is 14.7. The number of hydrogen-bond acceptors (Lipinski definition) is 5. The lowest BCUT2D eigenvalue weighted by atomic mass is 9.71. The smallest absolute Gasteiger partial charge is 0.322 e. The van der Waals surface area contributed by atoms with E-state index in [2.05, 4.69) is 4.98 Å². The first-order chi connectivity index (χ1) is 17.3. The van der Waals surface area contributed by atoms with Gasteiger partial charge in [0.2, 0.25) is 5.88 Å². The Kier molecular flexibility index (Phi) is 7.32. The average molecular weight is 560 g/mol. The van der Waals surface area contributed by atoms with Crippen molar-refractivity contribution in [3.05, 3.63) is 87.3 Å². The number of carbonyl (C=O) groups excluding carboxylic acids is 1. The van der Waals surface area contributed by atoms with Gasteiger partial charge in [-0.05, 0) is 67.8 Å². The molecule has 1 aliphatic rings. The Morgan fingerprint density at radius 1 is 0.973 bits per heavy atom. The molecule has 9 heteroatoms. The van der Waals surface area contributed by atoms with Crippen LogP contribution in [0.15, 0.2) is 59.7 Å². The van der Waals surface area contributed by atoms with Gasteiger partial charge in [-0.15, -0.1) is 0 Å². The minimum absolute atomic E-state index is 0.306. The Morgan fingerprint density at radius 2 is 1.51 bits per heavy atom. The molecule has 0 bridgehead atoms. The normalized spacial score (nSPS) is 21.6. The molecule has 0 saturated carbocycles. The molecule has 1 unspecified atom stereocenters. The number of aromatic nitrogens is 2. The predicted octanol–water partition coefficient (Wildman–Crippen LogP) is 7.73. The summed E-state index contributed by atoms with van der Waals surface area (Å²) in [5.41, 5.74) is -0.213. The van der Waals surface area contributed by atoms with Crippen LogP contribution in [0.25, 0.3) is 0 Å². The van der Waals surface area contributed by atoms with Crippen LogP contribution in [0.5, 0.6) is 5.88 Å². The maximum Gasteiger partial charge on any atom is 0.322 e. The van der Waals surface area contributed by atoms with Crippen LogP contribution in [-0.4, -0.2) is 32.7 Å². The lowest BCUT2D eigenvalue weighted by Gasteiger charge is -2.44. The van der Waals surface area contributed by atoms with Crippen molar-refractivity contribution in [1.82, 2.24) is 14.9 Å². The molecule has 0 N–H and O–H groups in total. The van der Waals surface area contributed by atoms with Gasteiger partial charge < -0.3 is 4.74 Å². The second-order valence-corrected chi connectivity index (χ2v) is 11.5. The number of rotatable bonds is 5. The van der Waals surface area contributed by atoms with Crippen molar-refractivity contribution in [3.63, 3.8) is 0 Å². The molecule has 1 aromatic heterocycles. The van der Waals surface area contributed by atoms with Gasteiger partial charge in [-0.1, -0.05) is 68.2 Å². The predicted molar refractivity (Wildman–Crippen MR) is 149 cm³/mol. The summed E-state index contributed by atoms with van der Waals surface area (Å²) in [4.78, 5) is 29.2. The fourth-order valence-electron chi connectivity index (χ4n) is 4.67. The van der Waals surface area contributed by atoms with Gasteiger partial charge in [0.25, 0.3) is 0 Å². The summed E-state index contributed by atoms with van der Waals surface area (Å²) in [7, 11) is 0. The van der Waals surface area contributed by atoms with Crippen molar-refractivity contribution in [2.45, 2.75) is 58.0 Å². The van der Waals surface area contributed by atoms with Gasteiger partial charge in [0, 0.05) is 21.7 Å². The molecule has 0 spiro atoms. The fraction of sp³-hybridized carbons (Fsp3) is 0.357. The maximum absolute atomic E-state index is 13.2. The monoisotopic (exact) mass is 558 g/mol. The number of carbonyl (C=O) groups is 1. The molecule has 2 heterocycles. The third-order valence-electron chi connectivity index (χ3n) is 6.87. The maximum atomic E-state index is 13.2. The number of amides is 1. The van der Waals surface area contributed by atoms with Crippen LogP contribution >= 0.6 is 34.8 Å². The van der Waals surface area contributed by atoms with E-state index in [1.54, 1.807) is 30.5 Å². The quantitative estimate of drug-likeness (QED) is 0.237. The van der Waals surface area contributed by atoms with E-state index in [1.807, 2.05) is 65.8 Å². The average Bonchev–Trinajstić information content (AvgIpc) is 3.08. The highest BCUT2D eigenvalue weighted by Crippen LogP contribution is 2.53. The number of halogens is 3. The molecular weight excluding hydrogens is 531 g/mol. The first kappa shape index (κ1) is 27.4. The standard InChI is InChI=1S/C28H29Cl3N4O2/c1-7-37-23-21(16-32-24(33-23)26(2,3)4)22-34-27(5,17-8-12-19(29)13-9-17)28(6,35(22)25(31)36)18-10-14-20(30)15-11-18/h8-16H,7H2,1-6H3/t27-,28?/m0/s1. The van der Waals surface area contributed by atoms with Crippen molar-refractivity contribution in [2.24, 2.45) is 4.99 Å². The third-order valence-corrected chi connectivity index (χ3v) is 7.54. The van der Waals surface area contributed by atoms with Crippen molar-refractivity contribution in [1.29, 1.82) is 0 Å². The summed E-state index contributed by atoms with van der Waals surface area (Å²) in [5.74, 6) is 1.27. The number of nitrogens with zero attached hydrogens (tertiary/aromatic N) is 4. The van der Waals surface area contributed by atoms with Crippen LogP contribution in [-0.2, 0) is 16.5 Å². The lowest BCUT2D eigenvalue weighted by Crippen LogP contribution is -2.53. The van der Waals surface area contributed by atoms with Gasteiger partial charge in [-0.25, -0.2) is 4.98 Å². The highest BCUT2D eigenvalue weighted by molar-refractivity contribution is 6.64. The number of aliphatic imine (C=N–C) groups is 1. The van der Waals surface area contributed by atoms with E-state index in [0.29, 0.717) is 39.8 Å².